The van der Waals surface area contributed by atoms with Crippen molar-refractivity contribution >= 4 is 6.03 Å². The molecule has 5 heteroatoms. The van der Waals surface area contributed by atoms with Crippen LogP contribution in [0.2, 0.25) is 0 Å². The number of carbonyl (C=O) groups excluding carboxylic acids is 1. The van der Waals surface area contributed by atoms with Crippen LogP contribution in [0.25, 0.3) is 0 Å². The fourth-order valence-corrected chi connectivity index (χ4v) is 1.87. The monoisotopic (exact) mass is 260 g/mol. The molecule has 0 fully saturated rings. The topological polar surface area (TPSA) is 38.4 Å². The first-order valence-electron chi connectivity index (χ1n) is 6.02. The number of rotatable bonds is 3. The highest BCUT2D eigenvalue weighted by molar-refractivity contribution is 5.76. The molecular weight excluding hydrogens is 242 g/mol. The van der Waals surface area contributed by atoms with E-state index in [1.807, 2.05) is 42.1 Å². The van der Waals surface area contributed by atoms with Crippen molar-refractivity contribution in [3.05, 3.63) is 48.5 Å². The number of hydrogen-bond acceptors (Lipinski definition) is 2. The van der Waals surface area contributed by atoms with Gasteiger partial charge in [0.05, 0.1) is 14.2 Å². The van der Waals surface area contributed by atoms with Gasteiger partial charge in [0.1, 0.15) is 18.1 Å². The van der Waals surface area contributed by atoms with E-state index >= 15 is 0 Å². The second kappa shape index (κ2) is 5.56. The summed E-state index contributed by atoms with van der Waals surface area (Å²) < 4.78 is 8.56. The highest BCUT2D eigenvalue weighted by Crippen LogP contribution is 2.14. The maximum atomic E-state index is 12.2. The largest absolute Gasteiger partial charge is 0.497 e. The van der Waals surface area contributed by atoms with E-state index in [0.717, 1.165) is 11.3 Å². The van der Waals surface area contributed by atoms with Gasteiger partial charge in [-0.2, -0.15) is 4.57 Å². The van der Waals surface area contributed by atoms with Gasteiger partial charge in [-0.15, -0.1) is 0 Å². The summed E-state index contributed by atoms with van der Waals surface area (Å²) in [6.45, 7) is 0.540. The Morgan fingerprint density at radius 1 is 1.47 bits per heavy atom. The van der Waals surface area contributed by atoms with Crippen molar-refractivity contribution < 1.29 is 14.1 Å². The Morgan fingerprint density at radius 2 is 2.26 bits per heavy atom. The Morgan fingerprint density at radius 3 is 2.89 bits per heavy atom. The van der Waals surface area contributed by atoms with Crippen LogP contribution in [-0.2, 0) is 13.6 Å². The number of imidazole rings is 1. The fourth-order valence-electron chi connectivity index (χ4n) is 1.87. The van der Waals surface area contributed by atoms with Crippen LogP contribution >= 0.6 is 0 Å². The van der Waals surface area contributed by atoms with Crippen LogP contribution in [0.15, 0.2) is 43.0 Å². The molecule has 100 valence electrons. The molecule has 2 rings (SSSR count). The SMILES string of the molecule is COc1cccc(CN(C)C(=O)n2cc[n+](C)c2)c1. The van der Waals surface area contributed by atoms with Gasteiger partial charge in [-0.3, -0.25) is 0 Å². The average Bonchev–Trinajstić information content (AvgIpc) is 2.84. The lowest BCUT2D eigenvalue weighted by atomic mass is 10.2. The van der Waals surface area contributed by atoms with Gasteiger partial charge < -0.3 is 9.64 Å². The molecule has 0 aliphatic heterocycles. The van der Waals surface area contributed by atoms with Gasteiger partial charge >= 0.3 is 6.03 Å². The third-order valence-corrected chi connectivity index (χ3v) is 2.87. The van der Waals surface area contributed by atoms with Gasteiger partial charge in [-0.1, -0.05) is 12.1 Å². The van der Waals surface area contributed by atoms with Gasteiger partial charge in [0, 0.05) is 13.6 Å². The molecule has 5 nitrogen and oxygen atoms in total. The zero-order valence-corrected chi connectivity index (χ0v) is 11.4. The standard InChI is InChI=1S/C14H18N3O2/c1-15-7-8-17(11-15)14(18)16(2)10-12-5-4-6-13(9-12)19-3/h4-9,11H,10H2,1-3H3/q+1. The molecule has 1 aromatic carbocycles. The van der Waals surface area contributed by atoms with Crippen molar-refractivity contribution in [3.63, 3.8) is 0 Å². The van der Waals surface area contributed by atoms with Crippen LogP contribution in [0, 0.1) is 0 Å². The first-order valence-corrected chi connectivity index (χ1v) is 6.02. The quantitative estimate of drug-likeness (QED) is 0.783. The Hall–Kier alpha value is -2.30. The summed E-state index contributed by atoms with van der Waals surface area (Å²) >= 11 is 0. The molecule has 0 bridgehead atoms. The van der Waals surface area contributed by atoms with Gasteiger partial charge in [-0.05, 0) is 17.7 Å². The van der Waals surface area contributed by atoms with Gasteiger partial charge in [-0.25, -0.2) is 9.36 Å². The van der Waals surface area contributed by atoms with Crippen molar-refractivity contribution in [3.8, 4) is 5.75 Å². The summed E-state index contributed by atoms with van der Waals surface area (Å²) in [4.78, 5) is 13.8. The van der Waals surface area contributed by atoms with Crippen molar-refractivity contribution in [2.24, 2.45) is 7.05 Å². The Kier molecular flexibility index (Phi) is 3.85. The molecular formula is C14H18N3O2+. The number of aryl methyl sites for hydroxylation is 1. The van der Waals surface area contributed by atoms with Crippen LogP contribution in [-0.4, -0.2) is 29.7 Å². The summed E-state index contributed by atoms with van der Waals surface area (Å²) in [5.74, 6) is 0.797. The number of ether oxygens (including phenoxy) is 1. The number of nitrogens with zero attached hydrogens (tertiary/aromatic N) is 3. The van der Waals surface area contributed by atoms with Crippen LogP contribution in [0.4, 0.5) is 4.79 Å². The molecule has 0 aliphatic carbocycles. The van der Waals surface area contributed by atoms with Crippen molar-refractivity contribution in [1.82, 2.24) is 9.47 Å². The highest BCUT2D eigenvalue weighted by atomic mass is 16.5. The number of benzene rings is 1. The van der Waals surface area contributed by atoms with Crippen LogP contribution in [0.1, 0.15) is 5.56 Å². The maximum Gasteiger partial charge on any atom is 0.415 e. The van der Waals surface area contributed by atoms with Crippen molar-refractivity contribution in [1.29, 1.82) is 0 Å². The molecule has 0 atom stereocenters. The first kappa shape index (κ1) is 13.1. The summed E-state index contributed by atoms with van der Waals surface area (Å²) in [7, 11) is 5.29. The second-order valence-electron chi connectivity index (χ2n) is 4.48. The van der Waals surface area contributed by atoms with E-state index in [-0.39, 0.29) is 6.03 Å². The third kappa shape index (κ3) is 3.13. The van der Waals surface area contributed by atoms with E-state index in [1.165, 1.54) is 0 Å². The van der Waals surface area contributed by atoms with E-state index in [2.05, 4.69) is 0 Å². The average molecular weight is 260 g/mol. The molecule has 0 saturated carbocycles. The molecule has 0 radical (unpaired) electrons. The van der Waals surface area contributed by atoms with E-state index in [1.54, 1.807) is 36.1 Å². The summed E-state index contributed by atoms with van der Waals surface area (Å²) in [5.41, 5.74) is 1.03. The fraction of sp³-hybridized carbons (Fsp3) is 0.286. The van der Waals surface area contributed by atoms with Gasteiger partial charge in [0.15, 0.2) is 0 Å². The molecule has 2 aromatic rings. The highest BCUT2D eigenvalue weighted by Gasteiger charge is 2.17. The van der Waals surface area contributed by atoms with Crippen LogP contribution < -0.4 is 9.30 Å². The molecule has 1 amide bonds. The van der Waals surface area contributed by atoms with E-state index in [9.17, 15) is 4.79 Å². The smallest absolute Gasteiger partial charge is 0.415 e. The summed E-state index contributed by atoms with van der Waals surface area (Å²) in [5, 5.41) is 0. The Labute approximate surface area is 112 Å². The minimum atomic E-state index is -0.0663. The van der Waals surface area contributed by atoms with Crippen molar-refractivity contribution in [2.45, 2.75) is 6.54 Å². The normalized spacial score (nSPS) is 10.3. The van der Waals surface area contributed by atoms with Gasteiger partial charge in [0.25, 0.3) is 6.33 Å². The van der Waals surface area contributed by atoms with Crippen LogP contribution in [0.5, 0.6) is 5.75 Å². The molecule has 0 unspecified atom stereocenters. The molecule has 0 saturated heterocycles. The number of amides is 1. The minimum Gasteiger partial charge on any atom is -0.497 e. The zero-order chi connectivity index (χ0) is 13.8. The Bertz CT molecular complexity index is 578. The zero-order valence-electron chi connectivity index (χ0n) is 11.4. The third-order valence-electron chi connectivity index (χ3n) is 2.87. The van der Waals surface area contributed by atoms with Gasteiger partial charge in [0.2, 0.25) is 0 Å². The van der Waals surface area contributed by atoms with E-state index in [0.29, 0.717) is 6.54 Å². The summed E-state index contributed by atoms with van der Waals surface area (Å²) in [6, 6.07) is 7.64. The molecule has 19 heavy (non-hydrogen) atoms. The minimum absolute atomic E-state index is 0.0663. The molecule has 1 heterocycles. The Balaban J connectivity index is 2.07. The van der Waals surface area contributed by atoms with E-state index in [4.69, 9.17) is 4.74 Å². The maximum absolute atomic E-state index is 12.2. The predicted octanol–water partition coefficient (Wildman–Crippen LogP) is 1.42. The first-order chi connectivity index (χ1) is 9.10. The van der Waals surface area contributed by atoms with Crippen LogP contribution in [0.3, 0.4) is 0 Å². The number of carbonyl (C=O) groups is 1. The molecule has 0 N–H and O–H groups in total. The lowest BCUT2D eigenvalue weighted by molar-refractivity contribution is -0.670. The van der Waals surface area contributed by atoms with E-state index < -0.39 is 0 Å². The number of methoxy groups -OCH3 is 1. The molecule has 1 aromatic heterocycles. The molecule has 0 aliphatic rings. The number of aromatic nitrogens is 2. The summed E-state index contributed by atoms with van der Waals surface area (Å²) in [6.07, 6.45) is 5.31. The molecule has 0 spiro atoms. The second-order valence-corrected chi connectivity index (χ2v) is 4.48. The van der Waals surface area contributed by atoms with Crippen molar-refractivity contribution in [2.75, 3.05) is 14.2 Å². The lowest BCUT2D eigenvalue weighted by Crippen LogP contribution is -2.32. The number of hydrogen-bond donors (Lipinski definition) is 0. The predicted molar refractivity (Wildman–Crippen MR) is 70.9 cm³/mol. The lowest BCUT2D eigenvalue weighted by Gasteiger charge is -2.14.